The number of carbonyl (C=O) groups is 3. The molecule has 1 saturated heterocycles. The number of tetrazole rings is 1. The van der Waals surface area contributed by atoms with Crippen LogP contribution in [0.3, 0.4) is 0 Å². The van der Waals surface area contributed by atoms with E-state index in [-0.39, 0.29) is 29.4 Å². The van der Waals surface area contributed by atoms with Gasteiger partial charge in [-0.3, -0.25) is 19.3 Å². The lowest BCUT2D eigenvalue weighted by Crippen LogP contribution is -2.27. The lowest BCUT2D eigenvalue weighted by atomic mass is 10.2. The van der Waals surface area contributed by atoms with Crippen LogP contribution in [0.5, 0.6) is 0 Å². The second kappa shape index (κ2) is 8.32. The fourth-order valence-corrected chi connectivity index (χ4v) is 3.72. The standard InChI is InChI=1S/C15H16N6O3S2/c1-20-14(17-18-19-20)25-7-6-12(22)16-11-4-2-10(3-5-11)8-21-13(23)9-26-15(21)24/h2-5H,6-9H2,1H3,(H,16,22). The number of nitrogens with one attached hydrogen (secondary N) is 1. The predicted octanol–water partition coefficient (Wildman–Crippen LogP) is 1.53. The maximum atomic E-state index is 12.0. The van der Waals surface area contributed by atoms with Crippen LogP contribution in [0.1, 0.15) is 12.0 Å². The molecule has 1 aromatic carbocycles. The first-order valence-electron chi connectivity index (χ1n) is 7.74. The number of anilines is 1. The molecule has 136 valence electrons. The molecule has 1 aliphatic rings. The summed E-state index contributed by atoms with van der Waals surface area (Å²) in [5.41, 5.74) is 1.50. The number of amides is 3. The highest BCUT2D eigenvalue weighted by Gasteiger charge is 2.29. The monoisotopic (exact) mass is 392 g/mol. The highest BCUT2D eigenvalue weighted by atomic mass is 32.2. The maximum Gasteiger partial charge on any atom is 0.289 e. The molecule has 9 nitrogen and oxygen atoms in total. The Morgan fingerprint density at radius 3 is 2.69 bits per heavy atom. The SMILES string of the molecule is Cn1nnnc1SCCC(=O)Nc1ccc(CN2C(=O)CSC2=O)cc1. The van der Waals surface area contributed by atoms with Crippen molar-refractivity contribution in [3.05, 3.63) is 29.8 Å². The Bertz CT molecular complexity index is 807. The minimum atomic E-state index is -0.219. The van der Waals surface area contributed by atoms with E-state index in [0.717, 1.165) is 17.3 Å². The van der Waals surface area contributed by atoms with Crippen LogP contribution in [0.4, 0.5) is 10.5 Å². The van der Waals surface area contributed by atoms with Crippen LogP contribution in [0.15, 0.2) is 29.4 Å². The normalized spacial score (nSPS) is 14.1. The first-order chi connectivity index (χ1) is 12.5. The molecule has 0 saturated carbocycles. The van der Waals surface area contributed by atoms with Crippen molar-refractivity contribution in [3.8, 4) is 0 Å². The summed E-state index contributed by atoms with van der Waals surface area (Å²) in [6.45, 7) is 0.251. The van der Waals surface area contributed by atoms with Gasteiger partial charge in [0.15, 0.2) is 0 Å². The first-order valence-corrected chi connectivity index (χ1v) is 9.71. The average molecular weight is 392 g/mol. The third-order valence-electron chi connectivity index (χ3n) is 3.56. The van der Waals surface area contributed by atoms with Crippen LogP contribution in [0.25, 0.3) is 0 Å². The lowest BCUT2D eigenvalue weighted by molar-refractivity contribution is -0.125. The van der Waals surface area contributed by atoms with Crippen molar-refractivity contribution in [1.82, 2.24) is 25.1 Å². The molecule has 1 aliphatic heterocycles. The average Bonchev–Trinajstić information content (AvgIpc) is 3.17. The van der Waals surface area contributed by atoms with Crippen LogP contribution in [0, 0.1) is 0 Å². The largest absolute Gasteiger partial charge is 0.326 e. The van der Waals surface area contributed by atoms with Crippen LogP contribution in [-0.2, 0) is 23.2 Å². The van der Waals surface area contributed by atoms with Crippen LogP contribution in [-0.4, -0.2) is 53.7 Å². The quantitative estimate of drug-likeness (QED) is 0.706. The highest BCUT2D eigenvalue weighted by Crippen LogP contribution is 2.22. The zero-order chi connectivity index (χ0) is 18.5. The number of benzene rings is 1. The number of thioether (sulfide) groups is 2. The molecule has 1 N–H and O–H groups in total. The number of aromatic nitrogens is 4. The van der Waals surface area contributed by atoms with Gasteiger partial charge in [0, 0.05) is 24.9 Å². The predicted molar refractivity (Wildman–Crippen MR) is 97.6 cm³/mol. The minimum absolute atomic E-state index is 0.110. The number of carbonyl (C=O) groups excluding carboxylic acids is 3. The molecular weight excluding hydrogens is 376 g/mol. The van der Waals surface area contributed by atoms with Gasteiger partial charge in [-0.15, -0.1) is 5.10 Å². The molecule has 2 heterocycles. The molecule has 0 spiro atoms. The van der Waals surface area contributed by atoms with E-state index in [4.69, 9.17) is 0 Å². The zero-order valence-corrected chi connectivity index (χ0v) is 15.5. The van der Waals surface area contributed by atoms with Crippen molar-refractivity contribution >= 4 is 46.3 Å². The van der Waals surface area contributed by atoms with Gasteiger partial charge in [0.05, 0.1) is 12.3 Å². The summed E-state index contributed by atoms with van der Waals surface area (Å²) in [6.07, 6.45) is 0.327. The van der Waals surface area contributed by atoms with Crippen LogP contribution >= 0.6 is 23.5 Å². The van der Waals surface area contributed by atoms with E-state index in [1.165, 1.54) is 16.7 Å². The third kappa shape index (κ3) is 4.61. The highest BCUT2D eigenvalue weighted by molar-refractivity contribution is 8.14. The summed E-state index contributed by atoms with van der Waals surface area (Å²) in [7, 11) is 1.74. The summed E-state index contributed by atoms with van der Waals surface area (Å²) >= 11 is 2.42. The molecule has 3 rings (SSSR count). The number of hydrogen-bond acceptors (Lipinski definition) is 8. The van der Waals surface area contributed by atoms with E-state index in [9.17, 15) is 14.4 Å². The molecular formula is C15H16N6O3S2. The summed E-state index contributed by atoms with van der Waals surface area (Å²) in [5.74, 6) is 0.486. The second-order valence-electron chi connectivity index (χ2n) is 5.46. The van der Waals surface area contributed by atoms with E-state index >= 15 is 0 Å². The molecule has 0 unspecified atom stereocenters. The molecule has 0 bridgehead atoms. The Hall–Kier alpha value is -2.40. The lowest BCUT2D eigenvalue weighted by Gasteiger charge is -2.13. The summed E-state index contributed by atoms with van der Waals surface area (Å²) in [5, 5.41) is 14.4. The molecule has 0 aliphatic carbocycles. The fraction of sp³-hybridized carbons (Fsp3) is 0.333. The molecule has 11 heteroatoms. The topological polar surface area (TPSA) is 110 Å². The second-order valence-corrected chi connectivity index (χ2v) is 7.45. The Balaban J connectivity index is 1.46. The van der Waals surface area contributed by atoms with Crippen LogP contribution < -0.4 is 5.32 Å². The van der Waals surface area contributed by atoms with Crippen molar-refractivity contribution in [2.24, 2.45) is 7.05 Å². The third-order valence-corrected chi connectivity index (χ3v) is 5.43. The smallest absolute Gasteiger partial charge is 0.289 e. The van der Waals surface area contributed by atoms with E-state index in [1.807, 2.05) is 0 Å². The van der Waals surface area contributed by atoms with Crippen molar-refractivity contribution in [3.63, 3.8) is 0 Å². The summed E-state index contributed by atoms with van der Waals surface area (Å²) < 4.78 is 1.55. The molecule has 0 atom stereocenters. The van der Waals surface area contributed by atoms with Crippen molar-refractivity contribution < 1.29 is 14.4 Å². The molecule has 1 fully saturated rings. The van der Waals surface area contributed by atoms with Gasteiger partial charge in [-0.1, -0.05) is 35.7 Å². The number of rotatable bonds is 7. The van der Waals surface area contributed by atoms with Gasteiger partial charge in [0.25, 0.3) is 5.24 Å². The summed E-state index contributed by atoms with van der Waals surface area (Å²) in [6, 6.07) is 7.09. The van der Waals surface area contributed by atoms with Crippen molar-refractivity contribution in [1.29, 1.82) is 0 Å². The Morgan fingerprint density at radius 1 is 1.31 bits per heavy atom. The van der Waals surface area contributed by atoms with Gasteiger partial charge in [-0.2, -0.15) is 0 Å². The maximum absolute atomic E-state index is 12.0. The molecule has 3 amide bonds. The molecule has 1 aromatic heterocycles. The van der Waals surface area contributed by atoms with E-state index in [1.54, 1.807) is 36.0 Å². The molecule has 26 heavy (non-hydrogen) atoms. The number of hydrogen-bond donors (Lipinski definition) is 1. The van der Waals surface area contributed by atoms with E-state index in [2.05, 4.69) is 20.8 Å². The van der Waals surface area contributed by atoms with Crippen molar-refractivity contribution in [2.45, 2.75) is 18.1 Å². The van der Waals surface area contributed by atoms with Crippen molar-refractivity contribution in [2.75, 3.05) is 16.8 Å². The number of nitrogens with zero attached hydrogens (tertiary/aromatic N) is 5. The zero-order valence-electron chi connectivity index (χ0n) is 13.9. The van der Waals surface area contributed by atoms with E-state index in [0.29, 0.717) is 23.0 Å². The Kier molecular flexibility index (Phi) is 5.89. The van der Waals surface area contributed by atoms with Gasteiger partial charge in [0.1, 0.15) is 0 Å². The molecule has 0 radical (unpaired) electrons. The first kappa shape index (κ1) is 18.4. The Morgan fingerprint density at radius 2 is 2.08 bits per heavy atom. The summed E-state index contributed by atoms with van der Waals surface area (Å²) in [4.78, 5) is 36.4. The minimum Gasteiger partial charge on any atom is -0.326 e. The number of aryl methyl sites for hydroxylation is 1. The fourth-order valence-electron chi connectivity index (χ4n) is 2.21. The van der Waals surface area contributed by atoms with Gasteiger partial charge in [-0.25, -0.2) is 4.68 Å². The van der Waals surface area contributed by atoms with Gasteiger partial charge < -0.3 is 5.32 Å². The molecule has 2 aromatic rings. The Labute approximate surface area is 157 Å². The number of imide groups is 1. The van der Waals surface area contributed by atoms with E-state index < -0.39 is 0 Å². The van der Waals surface area contributed by atoms with Gasteiger partial charge >= 0.3 is 0 Å². The van der Waals surface area contributed by atoms with Gasteiger partial charge in [0.2, 0.25) is 17.0 Å². The van der Waals surface area contributed by atoms with Gasteiger partial charge in [-0.05, 0) is 28.1 Å². The van der Waals surface area contributed by atoms with Crippen LogP contribution in [0.2, 0.25) is 0 Å².